The molecular weight excluding hydrogens is 301 g/mol. The first kappa shape index (κ1) is 17.5. The maximum absolute atomic E-state index is 12.3. The Morgan fingerprint density at radius 2 is 1.75 bits per heavy atom. The van der Waals surface area contributed by atoms with Gasteiger partial charge in [-0.1, -0.05) is 17.7 Å². The number of hydrogen-bond acceptors (Lipinski definition) is 5. The molecule has 6 nitrogen and oxygen atoms in total. The van der Waals surface area contributed by atoms with E-state index in [0.29, 0.717) is 4.90 Å². The van der Waals surface area contributed by atoms with E-state index in [2.05, 4.69) is 4.72 Å². The molecular formula is C12H20NO5PS. The van der Waals surface area contributed by atoms with Crippen molar-refractivity contribution in [1.82, 2.24) is 4.72 Å². The number of hydrogen-bond donors (Lipinski definition) is 2. The van der Waals surface area contributed by atoms with Crippen LogP contribution in [0.3, 0.4) is 0 Å². The second-order valence-corrected chi connectivity index (χ2v) is 7.90. The van der Waals surface area contributed by atoms with Crippen molar-refractivity contribution < 1.29 is 22.9 Å². The number of benzene rings is 1. The van der Waals surface area contributed by atoms with Crippen molar-refractivity contribution in [3.63, 3.8) is 0 Å². The Bertz CT molecular complexity index is 497. The average Bonchev–Trinajstić information content (AvgIpc) is 2.44. The number of aliphatic hydroxyl groups is 1. The van der Waals surface area contributed by atoms with Crippen molar-refractivity contribution in [2.75, 3.05) is 14.2 Å². The smallest absolute Gasteiger partial charge is 0.350 e. The van der Waals surface area contributed by atoms with E-state index in [9.17, 15) is 13.9 Å². The van der Waals surface area contributed by atoms with Gasteiger partial charge in [0, 0.05) is 14.2 Å². The first-order chi connectivity index (χ1) is 9.34. The highest BCUT2D eigenvalue weighted by Crippen LogP contribution is 2.51. The Hall–Kier alpha value is -0.560. The zero-order valence-electron chi connectivity index (χ0n) is 11.9. The quantitative estimate of drug-likeness (QED) is 0.748. The van der Waals surface area contributed by atoms with Crippen LogP contribution in [0.4, 0.5) is 0 Å². The standard InChI is InChI=1S/C12H20NO5PS/c1-9-5-7-11(8-6-9)20(16)13-12(10(2)14)19(15,17-3)18-4/h5-8,10,12-14H,1-4H3/t10-,12+,20-/m0/s1. The second kappa shape index (κ2) is 7.45. The van der Waals surface area contributed by atoms with Crippen molar-refractivity contribution in [3.05, 3.63) is 29.8 Å². The molecule has 0 heterocycles. The summed E-state index contributed by atoms with van der Waals surface area (Å²) in [6.07, 6.45) is -1.06. The van der Waals surface area contributed by atoms with E-state index in [1.807, 2.05) is 19.1 Å². The van der Waals surface area contributed by atoms with E-state index < -0.39 is 30.5 Å². The monoisotopic (exact) mass is 321 g/mol. The lowest BCUT2D eigenvalue weighted by molar-refractivity contribution is 0.160. The van der Waals surface area contributed by atoms with Crippen LogP contribution in [0, 0.1) is 6.92 Å². The van der Waals surface area contributed by atoms with E-state index in [-0.39, 0.29) is 0 Å². The summed E-state index contributed by atoms with van der Waals surface area (Å²) in [6.45, 7) is 3.34. The second-order valence-electron chi connectivity index (χ2n) is 4.29. The number of aryl methyl sites for hydroxylation is 1. The third-order valence-corrected chi connectivity index (χ3v) is 6.37. The Morgan fingerprint density at radius 3 is 2.15 bits per heavy atom. The summed E-state index contributed by atoms with van der Waals surface area (Å²) < 4.78 is 36.8. The minimum atomic E-state index is -3.59. The molecule has 2 N–H and O–H groups in total. The fraction of sp³-hybridized carbons (Fsp3) is 0.500. The van der Waals surface area contributed by atoms with Gasteiger partial charge in [0.1, 0.15) is 16.8 Å². The summed E-state index contributed by atoms with van der Waals surface area (Å²) in [5, 5.41) is 9.72. The van der Waals surface area contributed by atoms with Gasteiger partial charge in [0.15, 0.2) is 0 Å². The van der Waals surface area contributed by atoms with Crippen molar-refractivity contribution >= 4 is 18.6 Å². The molecule has 0 aliphatic rings. The van der Waals surface area contributed by atoms with Gasteiger partial charge < -0.3 is 14.2 Å². The van der Waals surface area contributed by atoms with Crippen LogP contribution in [-0.4, -0.2) is 35.4 Å². The molecule has 0 amide bonds. The molecule has 0 spiro atoms. The van der Waals surface area contributed by atoms with Gasteiger partial charge in [-0.25, -0.2) is 8.93 Å². The molecule has 3 atom stereocenters. The van der Waals surface area contributed by atoms with Gasteiger partial charge >= 0.3 is 7.60 Å². The van der Waals surface area contributed by atoms with Crippen LogP contribution in [0.25, 0.3) is 0 Å². The van der Waals surface area contributed by atoms with Gasteiger partial charge in [0.05, 0.1) is 11.0 Å². The first-order valence-corrected chi connectivity index (χ1v) is 8.74. The fourth-order valence-electron chi connectivity index (χ4n) is 1.57. The molecule has 1 aromatic rings. The van der Waals surface area contributed by atoms with Crippen LogP contribution in [0.1, 0.15) is 12.5 Å². The molecule has 0 bridgehead atoms. The summed E-state index contributed by atoms with van der Waals surface area (Å²) >= 11 is 0. The zero-order chi connectivity index (χ0) is 15.3. The van der Waals surface area contributed by atoms with E-state index in [0.717, 1.165) is 5.56 Å². The van der Waals surface area contributed by atoms with E-state index >= 15 is 0 Å². The lowest BCUT2D eigenvalue weighted by Crippen LogP contribution is -2.39. The summed E-state index contributed by atoms with van der Waals surface area (Å²) in [4.78, 5) is 0.514. The van der Waals surface area contributed by atoms with Crippen molar-refractivity contribution in [2.24, 2.45) is 0 Å². The van der Waals surface area contributed by atoms with Crippen LogP contribution in [0.15, 0.2) is 29.2 Å². The summed E-state index contributed by atoms with van der Waals surface area (Å²) in [7, 11) is -2.78. The van der Waals surface area contributed by atoms with Gasteiger partial charge in [-0.15, -0.1) is 0 Å². The lowest BCUT2D eigenvalue weighted by Gasteiger charge is -2.26. The third-order valence-electron chi connectivity index (χ3n) is 2.77. The maximum atomic E-state index is 12.3. The van der Waals surface area contributed by atoms with Crippen LogP contribution in [0.5, 0.6) is 0 Å². The molecule has 20 heavy (non-hydrogen) atoms. The average molecular weight is 321 g/mol. The molecule has 0 aliphatic heterocycles. The Balaban J connectivity index is 2.94. The van der Waals surface area contributed by atoms with Gasteiger partial charge in [-0.05, 0) is 26.0 Å². The molecule has 0 unspecified atom stereocenters. The highest BCUT2D eigenvalue weighted by Gasteiger charge is 2.38. The number of rotatable bonds is 7. The number of aliphatic hydroxyl groups excluding tert-OH is 1. The number of nitrogens with one attached hydrogen (secondary N) is 1. The fourth-order valence-corrected chi connectivity index (χ4v) is 4.44. The Kier molecular flexibility index (Phi) is 6.51. The van der Waals surface area contributed by atoms with E-state index in [1.54, 1.807) is 12.1 Å². The SMILES string of the molecule is COP(=O)(OC)[C@@H](N[S@@](=O)c1ccc(C)cc1)[C@H](C)O. The molecule has 1 aromatic carbocycles. The van der Waals surface area contributed by atoms with Crippen LogP contribution in [0.2, 0.25) is 0 Å². The van der Waals surface area contributed by atoms with Crippen LogP contribution in [-0.2, 0) is 24.6 Å². The van der Waals surface area contributed by atoms with Crippen molar-refractivity contribution in [2.45, 2.75) is 30.6 Å². The van der Waals surface area contributed by atoms with Gasteiger partial charge in [-0.2, -0.15) is 0 Å². The summed E-state index contributed by atoms with van der Waals surface area (Å²) in [5.74, 6) is -1.08. The molecule has 1 rings (SSSR count). The topological polar surface area (TPSA) is 84.9 Å². The van der Waals surface area contributed by atoms with Crippen molar-refractivity contribution in [1.29, 1.82) is 0 Å². The summed E-state index contributed by atoms with van der Waals surface area (Å²) in [6, 6.07) is 7.03. The lowest BCUT2D eigenvalue weighted by atomic mass is 10.2. The van der Waals surface area contributed by atoms with Crippen LogP contribution < -0.4 is 4.72 Å². The highest BCUT2D eigenvalue weighted by molar-refractivity contribution is 7.83. The van der Waals surface area contributed by atoms with Gasteiger partial charge in [0.2, 0.25) is 0 Å². The first-order valence-electron chi connectivity index (χ1n) is 5.98. The van der Waals surface area contributed by atoms with E-state index in [4.69, 9.17) is 9.05 Å². The minimum absolute atomic E-state index is 0.514. The van der Waals surface area contributed by atoms with Crippen LogP contribution >= 0.6 is 7.60 Å². The molecule has 8 heteroatoms. The van der Waals surface area contributed by atoms with Gasteiger partial charge in [-0.3, -0.25) is 4.57 Å². The molecule has 0 radical (unpaired) electrons. The van der Waals surface area contributed by atoms with E-state index in [1.165, 1.54) is 21.1 Å². The zero-order valence-corrected chi connectivity index (χ0v) is 13.6. The maximum Gasteiger partial charge on any atom is 0.350 e. The van der Waals surface area contributed by atoms with Gasteiger partial charge in [0.25, 0.3) is 0 Å². The predicted molar refractivity (Wildman–Crippen MR) is 77.8 cm³/mol. The molecule has 0 saturated heterocycles. The third kappa shape index (κ3) is 4.22. The Morgan fingerprint density at radius 1 is 1.25 bits per heavy atom. The molecule has 0 aromatic heterocycles. The predicted octanol–water partition coefficient (Wildman–Crippen LogP) is 1.80. The molecule has 0 saturated carbocycles. The molecule has 114 valence electrons. The Labute approximate surface area is 121 Å². The van der Waals surface area contributed by atoms with Crippen molar-refractivity contribution in [3.8, 4) is 0 Å². The summed E-state index contributed by atoms with van der Waals surface area (Å²) in [5.41, 5.74) is 1.04. The largest absolute Gasteiger partial charge is 0.391 e. The minimum Gasteiger partial charge on any atom is -0.391 e. The highest BCUT2D eigenvalue weighted by atomic mass is 32.2. The normalized spacial score (nSPS) is 16.6. The molecule has 0 aliphatic carbocycles. The molecule has 0 fully saturated rings.